The van der Waals surface area contributed by atoms with Gasteiger partial charge in [0.2, 0.25) is 5.82 Å². The molecular weight excluding hydrogens is 531 g/mol. The summed E-state index contributed by atoms with van der Waals surface area (Å²) in [4.78, 5) is 34.4. The maximum absolute atomic E-state index is 13.3. The molecule has 1 aromatic carbocycles. The van der Waals surface area contributed by atoms with E-state index in [-0.39, 0.29) is 29.9 Å². The predicted octanol–water partition coefficient (Wildman–Crippen LogP) is 2.94. The Hall–Kier alpha value is -2.38. The smallest absolute Gasteiger partial charge is 0.287 e. The molecule has 0 aliphatic carbocycles. The van der Waals surface area contributed by atoms with E-state index in [1.165, 1.54) is 35.8 Å². The number of piperidine rings is 1. The Bertz CT molecular complexity index is 1420. The van der Waals surface area contributed by atoms with Crippen LogP contribution in [0.15, 0.2) is 28.4 Å². The molecule has 0 atom stereocenters. The molecule has 2 aromatic heterocycles. The van der Waals surface area contributed by atoms with Gasteiger partial charge >= 0.3 is 0 Å². The molecule has 194 valence electrons. The summed E-state index contributed by atoms with van der Waals surface area (Å²) in [5.41, 5.74) is 0.880. The van der Waals surface area contributed by atoms with Gasteiger partial charge in [0.15, 0.2) is 9.84 Å². The van der Waals surface area contributed by atoms with Crippen LogP contribution in [-0.4, -0.2) is 61.0 Å². The van der Waals surface area contributed by atoms with Gasteiger partial charge in [-0.15, -0.1) is 11.3 Å². The maximum Gasteiger partial charge on any atom is 0.287 e. The number of halogens is 2. The van der Waals surface area contributed by atoms with Crippen molar-refractivity contribution in [3.05, 3.63) is 61.7 Å². The van der Waals surface area contributed by atoms with E-state index in [0.29, 0.717) is 47.0 Å². The van der Waals surface area contributed by atoms with Crippen molar-refractivity contribution in [1.29, 1.82) is 0 Å². The second-order valence-corrected chi connectivity index (χ2v) is 12.3. The average molecular weight is 557 g/mol. The second-order valence-electron chi connectivity index (χ2n) is 8.92. The zero-order valence-electron chi connectivity index (χ0n) is 19.6. The number of fused-ring (bicyclic) bond motifs is 1. The Morgan fingerprint density at radius 2 is 2.11 bits per heavy atom. The van der Waals surface area contributed by atoms with Crippen LogP contribution in [0.4, 0.5) is 4.39 Å². The van der Waals surface area contributed by atoms with E-state index >= 15 is 0 Å². The molecule has 4 rings (SSSR count). The Labute approximate surface area is 216 Å². The number of likely N-dealkylation sites (tertiary alicyclic amines) is 1. The van der Waals surface area contributed by atoms with Crippen molar-refractivity contribution in [3.8, 4) is 0 Å². The van der Waals surface area contributed by atoms with Crippen LogP contribution in [0.5, 0.6) is 0 Å². The first-order valence-corrected chi connectivity index (χ1v) is 14.6. The molecule has 1 fully saturated rings. The number of ether oxygens (including phenoxy) is 1. The number of hydrogen-bond donors (Lipinski definition) is 2. The highest BCUT2D eigenvalue weighted by Crippen LogP contribution is 2.23. The average Bonchev–Trinajstić information content (AvgIpc) is 3.23. The van der Waals surface area contributed by atoms with Crippen LogP contribution in [0.1, 0.15) is 34.6 Å². The number of rotatable bonds is 9. The highest BCUT2D eigenvalue weighted by molar-refractivity contribution is 7.90. The summed E-state index contributed by atoms with van der Waals surface area (Å²) >= 11 is 7.02. The van der Waals surface area contributed by atoms with Gasteiger partial charge in [-0.2, -0.15) is 0 Å². The van der Waals surface area contributed by atoms with Gasteiger partial charge in [0.25, 0.3) is 11.5 Å². The summed E-state index contributed by atoms with van der Waals surface area (Å²) < 4.78 is 42.1. The summed E-state index contributed by atoms with van der Waals surface area (Å²) in [5, 5.41) is 4.78. The van der Waals surface area contributed by atoms with Crippen LogP contribution < -0.4 is 10.9 Å². The number of amides is 1. The molecule has 13 heteroatoms. The number of hydrogen-bond acceptors (Lipinski definition) is 8. The monoisotopic (exact) mass is 556 g/mol. The fourth-order valence-electron chi connectivity index (χ4n) is 4.09. The number of sulfone groups is 1. The molecule has 1 saturated heterocycles. The van der Waals surface area contributed by atoms with Crippen molar-refractivity contribution >= 4 is 48.9 Å². The van der Waals surface area contributed by atoms with Gasteiger partial charge in [0, 0.05) is 25.0 Å². The lowest BCUT2D eigenvalue weighted by Gasteiger charge is -2.31. The van der Waals surface area contributed by atoms with Crippen molar-refractivity contribution in [2.45, 2.75) is 26.0 Å². The van der Waals surface area contributed by atoms with E-state index in [0.717, 1.165) is 12.8 Å². The predicted molar refractivity (Wildman–Crippen MR) is 136 cm³/mol. The molecule has 0 spiro atoms. The number of aromatic nitrogens is 2. The van der Waals surface area contributed by atoms with Gasteiger partial charge < -0.3 is 15.0 Å². The minimum atomic E-state index is -3.03. The molecule has 0 bridgehead atoms. The molecule has 1 amide bonds. The number of aromatic amines is 1. The molecule has 3 aromatic rings. The first-order valence-electron chi connectivity index (χ1n) is 11.3. The van der Waals surface area contributed by atoms with E-state index in [9.17, 15) is 22.4 Å². The Morgan fingerprint density at radius 3 is 2.81 bits per heavy atom. The van der Waals surface area contributed by atoms with E-state index in [2.05, 4.69) is 15.3 Å². The Kier molecular flexibility index (Phi) is 8.41. The SMILES string of the molecule is CS(=O)(=O)CN1CCC(COCc2csc3nc(C(=O)NCc4ccc(F)c(Cl)c4)[nH]c(=O)c23)CC1. The Morgan fingerprint density at radius 1 is 1.36 bits per heavy atom. The molecule has 36 heavy (non-hydrogen) atoms. The lowest BCUT2D eigenvalue weighted by Crippen LogP contribution is -2.38. The summed E-state index contributed by atoms with van der Waals surface area (Å²) in [6.45, 7) is 2.28. The van der Waals surface area contributed by atoms with Crippen LogP contribution in [0.25, 0.3) is 10.2 Å². The highest BCUT2D eigenvalue weighted by atomic mass is 35.5. The third-order valence-corrected chi connectivity index (χ3v) is 7.95. The maximum atomic E-state index is 13.3. The lowest BCUT2D eigenvalue weighted by atomic mass is 9.98. The molecule has 0 radical (unpaired) electrons. The van der Waals surface area contributed by atoms with Crippen LogP contribution in [0.2, 0.25) is 5.02 Å². The minimum absolute atomic E-state index is 0.0413. The number of carbonyl (C=O) groups excluding carboxylic acids is 1. The first-order chi connectivity index (χ1) is 17.1. The molecule has 1 aliphatic rings. The van der Waals surface area contributed by atoms with Gasteiger partial charge in [0.1, 0.15) is 16.5 Å². The van der Waals surface area contributed by atoms with Crippen molar-refractivity contribution < 1.29 is 22.3 Å². The van der Waals surface area contributed by atoms with Gasteiger partial charge in [-0.3, -0.25) is 14.5 Å². The summed E-state index contributed by atoms with van der Waals surface area (Å²) in [5.74, 6) is -0.819. The third-order valence-electron chi connectivity index (χ3n) is 5.91. The zero-order valence-corrected chi connectivity index (χ0v) is 21.9. The minimum Gasteiger partial charge on any atom is -0.376 e. The largest absolute Gasteiger partial charge is 0.376 e. The molecule has 0 unspecified atom stereocenters. The molecule has 3 heterocycles. The molecule has 2 N–H and O–H groups in total. The standard InChI is InChI=1S/C23H26ClFN4O5S2/c1-36(32,33)13-29-6-4-14(5-7-29)10-34-11-16-12-35-23-19(16)21(30)27-20(28-23)22(31)26-9-15-2-3-18(25)17(24)8-15/h2-3,8,12,14H,4-7,9-11,13H2,1H3,(H,26,31)(H,27,28,30). The van der Waals surface area contributed by atoms with Crippen molar-refractivity contribution in [2.24, 2.45) is 5.92 Å². The van der Waals surface area contributed by atoms with Gasteiger partial charge in [-0.1, -0.05) is 17.7 Å². The van der Waals surface area contributed by atoms with E-state index in [4.69, 9.17) is 16.3 Å². The molecule has 9 nitrogen and oxygen atoms in total. The van der Waals surface area contributed by atoms with Crippen LogP contribution in [0, 0.1) is 11.7 Å². The highest BCUT2D eigenvalue weighted by Gasteiger charge is 2.22. The molecule has 0 saturated carbocycles. The summed E-state index contributed by atoms with van der Waals surface area (Å²) in [6.07, 6.45) is 2.94. The van der Waals surface area contributed by atoms with E-state index in [1.807, 2.05) is 4.90 Å². The topological polar surface area (TPSA) is 121 Å². The normalized spacial score (nSPS) is 15.4. The van der Waals surface area contributed by atoms with Crippen LogP contribution >= 0.6 is 22.9 Å². The number of benzene rings is 1. The summed E-state index contributed by atoms with van der Waals surface area (Å²) in [7, 11) is -3.03. The summed E-state index contributed by atoms with van der Waals surface area (Å²) in [6, 6.07) is 4.14. The van der Waals surface area contributed by atoms with Crippen LogP contribution in [0.3, 0.4) is 0 Å². The van der Waals surface area contributed by atoms with Crippen molar-refractivity contribution in [2.75, 3.05) is 31.8 Å². The third kappa shape index (κ3) is 6.88. The fourth-order valence-corrected chi connectivity index (χ4v) is 6.14. The van der Waals surface area contributed by atoms with Crippen molar-refractivity contribution in [3.63, 3.8) is 0 Å². The lowest BCUT2D eigenvalue weighted by molar-refractivity contribution is 0.0616. The molecule has 1 aliphatic heterocycles. The Balaban J connectivity index is 1.32. The fraction of sp³-hybridized carbons (Fsp3) is 0.435. The van der Waals surface area contributed by atoms with Crippen molar-refractivity contribution in [1.82, 2.24) is 20.2 Å². The van der Waals surface area contributed by atoms with E-state index < -0.39 is 27.1 Å². The number of nitrogens with one attached hydrogen (secondary N) is 2. The van der Waals surface area contributed by atoms with E-state index in [1.54, 1.807) is 5.38 Å². The van der Waals surface area contributed by atoms with Crippen LogP contribution in [-0.2, 0) is 27.7 Å². The number of nitrogens with zero attached hydrogens (tertiary/aromatic N) is 2. The first kappa shape index (κ1) is 26.7. The zero-order chi connectivity index (χ0) is 25.9. The number of H-pyrrole nitrogens is 1. The van der Waals surface area contributed by atoms with Gasteiger partial charge in [0.05, 0.1) is 17.0 Å². The van der Waals surface area contributed by atoms with Gasteiger partial charge in [-0.25, -0.2) is 17.8 Å². The molecular formula is C23H26ClFN4O5S2. The number of thiophene rings is 1. The second kappa shape index (κ2) is 11.3. The quantitative estimate of drug-likeness (QED) is 0.415. The number of carbonyl (C=O) groups is 1. The van der Waals surface area contributed by atoms with Gasteiger partial charge in [-0.05, 0) is 54.9 Å².